The lowest BCUT2D eigenvalue weighted by molar-refractivity contribution is -0.116. The minimum atomic E-state index is -1.05. The summed E-state index contributed by atoms with van der Waals surface area (Å²) in [6.07, 6.45) is 0.179. The number of carboxylic acids is 1. The van der Waals surface area contributed by atoms with Crippen molar-refractivity contribution in [1.82, 2.24) is 0 Å². The number of ether oxygens (including phenoxy) is 3. The molecule has 160 valence electrons. The first-order valence-corrected chi connectivity index (χ1v) is 10.3. The normalized spacial score (nSPS) is 15.1. The van der Waals surface area contributed by atoms with Crippen molar-refractivity contribution in [1.29, 1.82) is 0 Å². The molecule has 0 fully saturated rings. The van der Waals surface area contributed by atoms with Crippen molar-refractivity contribution >= 4 is 28.9 Å². The number of rotatable bonds is 6. The fraction of sp³-hybridized carbons (Fsp3) is 0.217. The van der Waals surface area contributed by atoms with Crippen LogP contribution in [-0.2, 0) is 4.79 Å². The number of carbonyl (C=O) groups excluding carboxylic acids is 1. The zero-order chi connectivity index (χ0) is 22.1. The average Bonchev–Trinajstić information content (AvgIpc) is 3.17. The molecule has 0 spiro atoms. The number of carboxylic acid groups (broad SMARTS) is 1. The molecular weight excluding hydrogens is 418 g/mol. The van der Waals surface area contributed by atoms with Crippen molar-refractivity contribution in [3.05, 3.63) is 57.8 Å². The fourth-order valence-electron chi connectivity index (χ4n) is 3.91. The van der Waals surface area contributed by atoms with Gasteiger partial charge in [-0.3, -0.25) is 4.79 Å². The predicted molar refractivity (Wildman–Crippen MR) is 118 cm³/mol. The van der Waals surface area contributed by atoms with E-state index in [0.29, 0.717) is 34.1 Å². The molecule has 2 aromatic carbocycles. The number of hydrogen-bond donors (Lipinski definition) is 2. The molecule has 3 aromatic rings. The molecule has 0 unspecified atom stereocenters. The topological polar surface area (TPSA) is 94.1 Å². The molecule has 31 heavy (non-hydrogen) atoms. The van der Waals surface area contributed by atoms with Gasteiger partial charge in [-0.15, -0.1) is 11.3 Å². The van der Waals surface area contributed by atoms with Gasteiger partial charge in [0, 0.05) is 28.3 Å². The molecule has 4 rings (SSSR count). The summed E-state index contributed by atoms with van der Waals surface area (Å²) in [6.45, 7) is 0. The van der Waals surface area contributed by atoms with Gasteiger partial charge in [-0.05, 0) is 23.8 Å². The second-order valence-electron chi connectivity index (χ2n) is 6.97. The van der Waals surface area contributed by atoms with Crippen molar-refractivity contribution in [2.75, 3.05) is 26.6 Å². The molecule has 7 nitrogen and oxygen atoms in total. The fourth-order valence-corrected chi connectivity index (χ4v) is 5.14. The van der Waals surface area contributed by atoms with Crippen molar-refractivity contribution in [2.24, 2.45) is 0 Å². The lowest BCUT2D eigenvalue weighted by atomic mass is 9.88. The van der Waals surface area contributed by atoms with Crippen LogP contribution in [0, 0.1) is 0 Å². The molecule has 8 heteroatoms. The van der Waals surface area contributed by atoms with Gasteiger partial charge < -0.3 is 24.6 Å². The van der Waals surface area contributed by atoms with Crippen LogP contribution in [0.2, 0.25) is 0 Å². The summed E-state index contributed by atoms with van der Waals surface area (Å²) >= 11 is 1.17. The molecule has 0 bridgehead atoms. The van der Waals surface area contributed by atoms with Crippen LogP contribution in [0.5, 0.6) is 17.2 Å². The number of carbonyl (C=O) groups is 2. The Morgan fingerprint density at radius 2 is 1.81 bits per heavy atom. The third-order valence-corrected chi connectivity index (χ3v) is 6.58. The van der Waals surface area contributed by atoms with Crippen molar-refractivity contribution in [2.45, 2.75) is 12.3 Å². The maximum absolute atomic E-state index is 12.7. The van der Waals surface area contributed by atoms with E-state index in [0.717, 1.165) is 10.4 Å². The van der Waals surface area contributed by atoms with Gasteiger partial charge in [0.2, 0.25) is 5.91 Å². The lowest BCUT2D eigenvalue weighted by Gasteiger charge is -2.25. The van der Waals surface area contributed by atoms with E-state index in [1.807, 2.05) is 12.1 Å². The summed E-state index contributed by atoms with van der Waals surface area (Å²) in [7, 11) is 4.66. The summed E-state index contributed by atoms with van der Waals surface area (Å²) in [5.74, 6) is 0.157. The van der Waals surface area contributed by atoms with Crippen LogP contribution in [0.4, 0.5) is 5.69 Å². The van der Waals surface area contributed by atoms with Gasteiger partial charge in [0.1, 0.15) is 10.6 Å². The number of aromatic carboxylic acids is 1. The first kappa shape index (κ1) is 20.7. The number of benzene rings is 2. The number of amides is 1. The van der Waals surface area contributed by atoms with Crippen LogP contribution in [0.15, 0.2) is 42.5 Å². The first-order valence-electron chi connectivity index (χ1n) is 9.53. The quantitative estimate of drug-likeness (QED) is 0.582. The van der Waals surface area contributed by atoms with Crippen molar-refractivity contribution in [3.63, 3.8) is 0 Å². The van der Waals surface area contributed by atoms with Gasteiger partial charge in [-0.25, -0.2) is 4.79 Å². The summed E-state index contributed by atoms with van der Waals surface area (Å²) in [6, 6.07) is 12.6. The SMILES string of the molecule is COc1ccc(-c2c(C(=O)O)sc3c2NC(=O)C[C@H]3c2cccc(OC)c2OC)cc1. The Morgan fingerprint density at radius 3 is 2.42 bits per heavy atom. The number of fused-ring (bicyclic) bond motifs is 1. The first-order chi connectivity index (χ1) is 15.0. The van der Waals surface area contributed by atoms with E-state index >= 15 is 0 Å². The highest BCUT2D eigenvalue weighted by atomic mass is 32.1. The molecule has 0 aliphatic carbocycles. The smallest absolute Gasteiger partial charge is 0.346 e. The number of thiophene rings is 1. The van der Waals surface area contributed by atoms with Crippen molar-refractivity contribution < 1.29 is 28.9 Å². The van der Waals surface area contributed by atoms with E-state index in [9.17, 15) is 14.7 Å². The minimum absolute atomic E-state index is 0.171. The zero-order valence-corrected chi connectivity index (χ0v) is 18.0. The maximum atomic E-state index is 12.7. The van der Waals surface area contributed by atoms with Crippen LogP contribution in [0.3, 0.4) is 0 Å². The summed E-state index contributed by atoms with van der Waals surface area (Å²) in [4.78, 5) is 25.7. The van der Waals surface area contributed by atoms with Gasteiger partial charge in [-0.1, -0.05) is 24.3 Å². The minimum Gasteiger partial charge on any atom is -0.497 e. The van der Waals surface area contributed by atoms with E-state index in [2.05, 4.69) is 5.32 Å². The summed E-state index contributed by atoms with van der Waals surface area (Å²) in [5, 5.41) is 12.8. The third kappa shape index (κ3) is 3.59. The molecule has 1 aromatic heterocycles. The molecule has 1 aliphatic rings. The third-order valence-electron chi connectivity index (χ3n) is 5.29. The Kier molecular flexibility index (Phi) is 5.56. The number of hydrogen-bond acceptors (Lipinski definition) is 6. The van der Waals surface area contributed by atoms with E-state index in [-0.39, 0.29) is 23.1 Å². The maximum Gasteiger partial charge on any atom is 0.346 e. The number of methoxy groups -OCH3 is 3. The largest absolute Gasteiger partial charge is 0.497 e. The highest BCUT2D eigenvalue weighted by Crippen LogP contribution is 2.51. The molecule has 1 aliphatic heterocycles. The van der Waals surface area contributed by atoms with Gasteiger partial charge in [0.15, 0.2) is 11.5 Å². The van der Waals surface area contributed by atoms with Crippen LogP contribution < -0.4 is 19.5 Å². The standard InChI is InChI=1S/C23H21NO6S/c1-28-13-9-7-12(8-10-13)18-19-21(31-22(18)23(26)27)15(11-17(25)24-19)14-5-4-6-16(29-2)20(14)30-3/h4-10,15H,11H2,1-3H3,(H,24,25)(H,26,27)/t15-/m0/s1. The van der Waals surface area contributed by atoms with Crippen LogP contribution in [0.25, 0.3) is 11.1 Å². The highest BCUT2D eigenvalue weighted by molar-refractivity contribution is 7.15. The number of para-hydroxylation sites is 1. The Hall–Kier alpha value is -3.52. The van der Waals surface area contributed by atoms with E-state index < -0.39 is 5.97 Å². The summed E-state index contributed by atoms with van der Waals surface area (Å²) < 4.78 is 16.2. The Labute approximate surface area is 183 Å². The number of nitrogens with one attached hydrogen (secondary N) is 1. The lowest BCUT2D eigenvalue weighted by Crippen LogP contribution is -2.22. The Bertz CT molecular complexity index is 1150. The van der Waals surface area contributed by atoms with Crippen LogP contribution >= 0.6 is 11.3 Å². The van der Waals surface area contributed by atoms with Crippen molar-refractivity contribution in [3.8, 4) is 28.4 Å². The zero-order valence-electron chi connectivity index (χ0n) is 17.2. The molecule has 1 amide bonds. The highest BCUT2D eigenvalue weighted by Gasteiger charge is 2.36. The second kappa shape index (κ2) is 8.31. The molecule has 1 atom stereocenters. The monoisotopic (exact) mass is 439 g/mol. The van der Waals surface area contributed by atoms with E-state index in [1.165, 1.54) is 11.3 Å². The van der Waals surface area contributed by atoms with Crippen LogP contribution in [-0.4, -0.2) is 38.3 Å². The van der Waals surface area contributed by atoms with Crippen LogP contribution in [0.1, 0.15) is 32.5 Å². The second-order valence-corrected chi connectivity index (χ2v) is 8.02. The van der Waals surface area contributed by atoms with Gasteiger partial charge in [0.05, 0.1) is 27.0 Å². The van der Waals surface area contributed by atoms with Gasteiger partial charge >= 0.3 is 5.97 Å². The average molecular weight is 439 g/mol. The summed E-state index contributed by atoms with van der Waals surface area (Å²) in [5.41, 5.74) is 2.49. The molecule has 2 heterocycles. The Balaban J connectivity index is 1.93. The van der Waals surface area contributed by atoms with E-state index in [1.54, 1.807) is 51.7 Å². The molecule has 0 radical (unpaired) electrons. The van der Waals surface area contributed by atoms with Gasteiger partial charge in [0.25, 0.3) is 0 Å². The predicted octanol–water partition coefficient (Wildman–Crippen LogP) is 4.61. The number of anilines is 1. The van der Waals surface area contributed by atoms with Gasteiger partial charge in [-0.2, -0.15) is 0 Å². The Morgan fingerprint density at radius 1 is 1.06 bits per heavy atom. The molecule has 2 N–H and O–H groups in total. The molecular formula is C23H21NO6S. The van der Waals surface area contributed by atoms with E-state index in [4.69, 9.17) is 14.2 Å². The molecule has 0 saturated heterocycles. The molecule has 0 saturated carbocycles.